The molecular weight excluding hydrogens is 413 g/mol. The lowest BCUT2D eigenvalue weighted by Crippen LogP contribution is -2.27. The van der Waals surface area contributed by atoms with Crippen LogP contribution in [-0.4, -0.2) is 23.4 Å². The molecule has 0 saturated heterocycles. The van der Waals surface area contributed by atoms with Gasteiger partial charge in [-0.05, 0) is 47.5 Å². The number of alkyl halides is 3. The highest BCUT2D eigenvalue weighted by molar-refractivity contribution is 6.04. The number of rotatable bonds is 6. The van der Waals surface area contributed by atoms with Gasteiger partial charge in [0, 0.05) is 11.3 Å². The zero-order valence-corrected chi connectivity index (χ0v) is 15.9. The van der Waals surface area contributed by atoms with E-state index < -0.39 is 29.8 Å². The lowest BCUT2D eigenvalue weighted by atomic mass is 9.90. The van der Waals surface area contributed by atoms with Gasteiger partial charge in [-0.25, -0.2) is 5.48 Å². The molecule has 6 nitrogen and oxygen atoms in total. The highest BCUT2D eigenvalue weighted by atomic mass is 19.4. The van der Waals surface area contributed by atoms with Crippen molar-refractivity contribution >= 4 is 17.5 Å². The molecule has 160 valence electrons. The van der Waals surface area contributed by atoms with Gasteiger partial charge in [0.25, 0.3) is 11.8 Å². The summed E-state index contributed by atoms with van der Waals surface area (Å²) in [6.07, 6.45) is -4.81. The van der Waals surface area contributed by atoms with Gasteiger partial charge in [-0.1, -0.05) is 42.5 Å². The van der Waals surface area contributed by atoms with E-state index in [0.29, 0.717) is 16.8 Å². The van der Waals surface area contributed by atoms with Crippen LogP contribution >= 0.6 is 0 Å². The molecule has 3 rings (SSSR count). The summed E-state index contributed by atoms with van der Waals surface area (Å²) >= 11 is 0. The summed E-state index contributed by atoms with van der Waals surface area (Å²) in [5.74, 6) is -2.32. The Morgan fingerprint density at radius 1 is 0.839 bits per heavy atom. The summed E-state index contributed by atoms with van der Waals surface area (Å²) in [5, 5.41) is 11.7. The van der Waals surface area contributed by atoms with Crippen molar-refractivity contribution in [3.63, 3.8) is 0 Å². The van der Waals surface area contributed by atoms with E-state index in [1.807, 2.05) is 0 Å². The molecule has 0 bridgehead atoms. The Bertz CT molecular complexity index is 1040. The Labute approximate surface area is 175 Å². The third-order valence-electron chi connectivity index (χ3n) is 4.36. The van der Waals surface area contributed by atoms with E-state index >= 15 is 0 Å². The van der Waals surface area contributed by atoms with Gasteiger partial charge in [-0.15, -0.1) is 13.2 Å². The first kappa shape index (κ1) is 21.8. The molecule has 0 spiro atoms. The van der Waals surface area contributed by atoms with Crippen molar-refractivity contribution < 1.29 is 32.7 Å². The van der Waals surface area contributed by atoms with Crippen LogP contribution in [0.4, 0.5) is 18.9 Å². The first-order valence-corrected chi connectivity index (χ1v) is 9.03. The van der Waals surface area contributed by atoms with Crippen LogP contribution in [0.3, 0.4) is 0 Å². The molecule has 0 aromatic heterocycles. The van der Waals surface area contributed by atoms with Crippen LogP contribution in [0.25, 0.3) is 0 Å². The van der Waals surface area contributed by atoms with E-state index in [9.17, 15) is 22.8 Å². The molecule has 0 aliphatic rings. The topological polar surface area (TPSA) is 87.7 Å². The SMILES string of the molecule is O=C(Nc1ccc(C(C(=O)NO)c2ccccc2)cc1)c1ccc(OC(F)(F)F)cc1. The third-order valence-corrected chi connectivity index (χ3v) is 4.36. The number of hydroxylamine groups is 1. The van der Waals surface area contributed by atoms with Crippen molar-refractivity contribution in [3.8, 4) is 5.75 Å². The first-order valence-electron chi connectivity index (χ1n) is 9.03. The zero-order chi connectivity index (χ0) is 22.4. The summed E-state index contributed by atoms with van der Waals surface area (Å²) in [7, 11) is 0. The number of anilines is 1. The van der Waals surface area contributed by atoms with Gasteiger partial charge in [0.05, 0.1) is 5.92 Å². The fourth-order valence-corrected chi connectivity index (χ4v) is 2.98. The lowest BCUT2D eigenvalue weighted by molar-refractivity contribution is -0.274. The largest absolute Gasteiger partial charge is 0.573 e. The second-order valence-corrected chi connectivity index (χ2v) is 6.47. The molecule has 3 aromatic carbocycles. The quantitative estimate of drug-likeness (QED) is 0.398. The average Bonchev–Trinajstić information content (AvgIpc) is 2.75. The molecule has 0 fully saturated rings. The third kappa shape index (κ3) is 5.83. The minimum absolute atomic E-state index is 0.139. The Morgan fingerprint density at radius 2 is 1.42 bits per heavy atom. The van der Waals surface area contributed by atoms with Gasteiger partial charge in [0.1, 0.15) is 5.75 Å². The summed E-state index contributed by atoms with van der Waals surface area (Å²) in [6.45, 7) is 0. The van der Waals surface area contributed by atoms with Gasteiger partial charge >= 0.3 is 6.36 Å². The van der Waals surface area contributed by atoms with Crippen molar-refractivity contribution in [2.75, 3.05) is 5.32 Å². The Hall–Kier alpha value is -3.85. The molecule has 3 aromatic rings. The highest BCUT2D eigenvalue weighted by Gasteiger charge is 2.31. The molecule has 0 radical (unpaired) electrons. The molecule has 0 aliphatic heterocycles. The van der Waals surface area contributed by atoms with Crippen molar-refractivity contribution in [3.05, 3.63) is 95.6 Å². The zero-order valence-electron chi connectivity index (χ0n) is 15.9. The van der Waals surface area contributed by atoms with Gasteiger partial charge in [-0.2, -0.15) is 0 Å². The maximum atomic E-state index is 12.3. The van der Waals surface area contributed by atoms with Gasteiger partial charge in [0.15, 0.2) is 0 Å². The van der Waals surface area contributed by atoms with Crippen LogP contribution in [0, 0.1) is 0 Å². The molecule has 1 unspecified atom stereocenters. The number of carbonyl (C=O) groups excluding carboxylic acids is 2. The van der Waals surface area contributed by atoms with Gasteiger partial charge in [-0.3, -0.25) is 14.8 Å². The number of carbonyl (C=O) groups is 2. The number of benzene rings is 3. The van der Waals surface area contributed by atoms with E-state index in [0.717, 1.165) is 12.1 Å². The minimum Gasteiger partial charge on any atom is -0.406 e. The lowest BCUT2D eigenvalue weighted by Gasteiger charge is -2.16. The standard InChI is InChI=1S/C22H17F3N2O4/c23-22(24,25)31-18-12-8-16(9-13-18)20(28)26-17-10-6-15(7-11-17)19(21(29)27-30)14-4-2-1-3-5-14/h1-13,19,30H,(H,26,28)(H,27,29). The monoisotopic (exact) mass is 430 g/mol. The van der Waals surface area contributed by atoms with Crippen LogP contribution in [0.1, 0.15) is 27.4 Å². The smallest absolute Gasteiger partial charge is 0.406 e. The fourth-order valence-electron chi connectivity index (χ4n) is 2.98. The second kappa shape index (κ2) is 9.31. The molecule has 31 heavy (non-hydrogen) atoms. The Morgan fingerprint density at radius 3 is 1.97 bits per heavy atom. The number of ether oxygens (including phenoxy) is 1. The molecule has 1 atom stereocenters. The van der Waals surface area contributed by atoms with E-state index in [2.05, 4.69) is 10.1 Å². The van der Waals surface area contributed by atoms with Crippen LogP contribution < -0.4 is 15.5 Å². The van der Waals surface area contributed by atoms with Crippen LogP contribution in [0.5, 0.6) is 5.75 Å². The average molecular weight is 430 g/mol. The molecular formula is C22H17F3N2O4. The molecule has 3 N–H and O–H groups in total. The van der Waals surface area contributed by atoms with Crippen LogP contribution in [0.15, 0.2) is 78.9 Å². The summed E-state index contributed by atoms with van der Waals surface area (Å²) in [6, 6.07) is 19.8. The van der Waals surface area contributed by atoms with Crippen LogP contribution in [-0.2, 0) is 4.79 Å². The van der Waals surface area contributed by atoms with Crippen molar-refractivity contribution in [2.24, 2.45) is 0 Å². The molecule has 0 aliphatic carbocycles. The van der Waals surface area contributed by atoms with Crippen LogP contribution in [0.2, 0.25) is 0 Å². The predicted molar refractivity (Wildman–Crippen MR) is 106 cm³/mol. The Kier molecular flexibility index (Phi) is 6.56. The van der Waals surface area contributed by atoms with E-state index in [4.69, 9.17) is 5.21 Å². The number of halogens is 3. The highest BCUT2D eigenvalue weighted by Crippen LogP contribution is 2.27. The molecule has 0 heterocycles. The number of amides is 2. The molecule has 2 amide bonds. The number of hydrogen-bond donors (Lipinski definition) is 3. The van der Waals surface area contributed by atoms with E-state index in [-0.39, 0.29) is 5.56 Å². The van der Waals surface area contributed by atoms with Crippen molar-refractivity contribution in [1.29, 1.82) is 0 Å². The molecule has 0 saturated carbocycles. The summed E-state index contributed by atoms with van der Waals surface area (Å²) in [4.78, 5) is 24.5. The first-order chi connectivity index (χ1) is 14.8. The minimum atomic E-state index is -4.81. The van der Waals surface area contributed by atoms with E-state index in [1.54, 1.807) is 60.1 Å². The van der Waals surface area contributed by atoms with Crippen molar-refractivity contribution in [2.45, 2.75) is 12.3 Å². The normalized spacial score (nSPS) is 12.0. The maximum absolute atomic E-state index is 12.3. The maximum Gasteiger partial charge on any atom is 0.573 e. The van der Waals surface area contributed by atoms with Crippen molar-refractivity contribution in [1.82, 2.24) is 5.48 Å². The Balaban J connectivity index is 1.72. The predicted octanol–water partition coefficient (Wildman–Crippen LogP) is 4.47. The summed E-state index contributed by atoms with van der Waals surface area (Å²) in [5.41, 5.74) is 3.48. The fraction of sp³-hybridized carbons (Fsp3) is 0.0909. The summed E-state index contributed by atoms with van der Waals surface area (Å²) < 4.78 is 40.4. The number of nitrogens with one attached hydrogen (secondary N) is 2. The van der Waals surface area contributed by atoms with Gasteiger partial charge < -0.3 is 10.1 Å². The molecule has 9 heteroatoms. The van der Waals surface area contributed by atoms with E-state index in [1.165, 1.54) is 12.1 Å². The second-order valence-electron chi connectivity index (χ2n) is 6.47. The van der Waals surface area contributed by atoms with Gasteiger partial charge in [0.2, 0.25) is 0 Å². The number of hydrogen-bond acceptors (Lipinski definition) is 4.